The van der Waals surface area contributed by atoms with Gasteiger partial charge in [0.15, 0.2) is 5.78 Å². The van der Waals surface area contributed by atoms with Crippen molar-refractivity contribution in [2.75, 3.05) is 13.1 Å². The molecule has 0 aromatic heterocycles. The summed E-state index contributed by atoms with van der Waals surface area (Å²) in [6.07, 6.45) is 1.22. The van der Waals surface area contributed by atoms with Crippen molar-refractivity contribution in [3.8, 4) is 0 Å². The first-order chi connectivity index (χ1) is 8.46. The van der Waals surface area contributed by atoms with Crippen molar-refractivity contribution in [1.82, 2.24) is 5.32 Å². The number of halogens is 2. The molecule has 0 spiro atoms. The number of piperidine rings is 1. The second-order valence-electron chi connectivity index (χ2n) is 5.19. The quantitative estimate of drug-likeness (QED) is 0.821. The highest BCUT2D eigenvalue weighted by Gasteiger charge is 2.38. The summed E-state index contributed by atoms with van der Waals surface area (Å²) < 4.78 is 27.7. The van der Waals surface area contributed by atoms with E-state index >= 15 is 0 Å². The summed E-state index contributed by atoms with van der Waals surface area (Å²) >= 11 is 0. The molecule has 1 aromatic rings. The van der Waals surface area contributed by atoms with Crippen molar-refractivity contribution < 1.29 is 13.6 Å². The van der Waals surface area contributed by atoms with Gasteiger partial charge in [0.25, 0.3) is 0 Å². The molecule has 1 aromatic carbocycles. The molecule has 98 valence electrons. The van der Waals surface area contributed by atoms with E-state index in [1.54, 1.807) is 6.92 Å². The van der Waals surface area contributed by atoms with Crippen LogP contribution in [-0.2, 0) is 0 Å². The Bertz CT molecular complexity index is 479. The summed E-state index contributed by atoms with van der Waals surface area (Å²) in [5, 5.41) is 3.15. The van der Waals surface area contributed by atoms with E-state index in [1.807, 2.05) is 0 Å². The second-order valence-corrected chi connectivity index (χ2v) is 5.19. The molecule has 2 nitrogen and oxygen atoms in total. The van der Waals surface area contributed by atoms with Crippen LogP contribution >= 0.6 is 0 Å². The normalized spacial score (nSPS) is 18.7. The first-order valence-corrected chi connectivity index (χ1v) is 6.16. The number of Topliss-reactive ketones (excluding diaryl/α,β-unsaturated/α-hetero) is 1. The average Bonchev–Trinajstić information content (AvgIpc) is 2.35. The van der Waals surface area contributed by atoms with Gasteiger partial charge >= 0.3 is 0 Å². The SMILES string of the molecule is Cc1ccc(F)c(C(=O)C2(C)CCNCC2)c1F. The predicted octanol–water partition coefficient (Wildman–Crippen LogP) is 2.85. The van der Waals surface area contributed by atoms with Gasteiger partial charge in [0.2, 0.25) is 0 Å². The van der Waals surface area contributed by atoms with Crippen LogP contribution in [0, 0.1) is 24.0 Å². The van der Waals surface area contributed by atoms with Crippen molar-refractivity contribution in [3.05, 3.63) is 34.9 Å². The van der Waals surface area contributed by atoms with E-state index in [4.69, 9.17) is 0 Å². The Kier molecular flexibility index (Phi) is 3.48. The lowest BCUT2D eigenvalue weighted by Gasteiger charge is -2.32. The Morgan fingerprint density at radius 3 is 2.50 bits per heavy atom. The lowest BCUT2D eigenvalue weighted by molar-refractivity contribution is 0.0752. The lowest BCUT2D eigenvalue weighted by atomic mass is 9.74. The van der Waals surface area contributed by atoms with Crippen LogP contribution in [0.15, 0.2) is 12.1 Å². The molecule has 18 heavy (non-hydrogen) atoms. The molecule has 1 N–H and O–H groups in total. The van der Waals surface area contributed by atoms with Gasteiger partial charge in [-0.2, -0.15) is 0 Å². The highest BCUT2D eigenvalue weighted by atomic mass is 19.1. The van der Waals surface area contributed by atoms with Crippen LogP contribution in [0.25, 0.3) is 0 Å². The minimum absolute atomic E-state index is 0.303. The fourth-order valence-corrected chi connectivity index (χ4v) is 2.37. The van der Waals surface area contributed by atoms with Gasteiger partial charge in [-0.05, 0) is 44.5 Å². The highest BCUT2D eigenvalue weighted by Crippen LogP contribution is 2.34. The molecule has 0 aliphatic carbocycles. The number of hydrogen-bond acceptors (Lipinski definition) is 2. The molecule has 1 aliphatic rings. The fraction of sp³-hybridized carbons (Fsp3) is 0.500. The Morgan fingerprint density at radius 2 is 1.89 bits per heavy atom. The van der Waals surface area contributed by atoms with E-state index in [0.717, 1.165) is 6.07 Å². The van der Waals surface area contributed by atoms with E-state index in [-0.39, 0.29) is 5.56 Å². The maximum absolute atomic E-state index is 14.0. The number of benzene rings is 1. The fourth-order valence-electron chi connectivity index (χ4n) is 2.37. The molecule has 1 fully saturated rings. The van der Waals surface area contributed by atoms with Crippen LogP contribution in [0.1, 0.15) is 35.7 Å². The number of ketones is 1. The van der Waals surface area contributed by atoms with Crippen LogP contribution in [0.4, 0.5) is 8.78 Å². The number of carbonyl (C=O) groups is 1. The van der Waals surface area contributed by atoms with E-state index in [0.29, 0.717) is 31.5 Å². The first-order valence-electron chi connectivity index (χ1n) is 6.16. The van der Waals surface area contributed by atoms with Gasteiger partial charge in [-0.3, -0.25) is 4.79 Å². The van der Waals surface area contributed by atoms with Crippen LogP contribution in [0.5, 0.6) is 0 Å². The molecule has 1 heterocycles. The minimum Gasteiger partial charge on any atom is -0.317 e. The Morgan fingerprint density at radius 1 is 1.28 bits per heavy atom. The molecule has 0 amide bonds. The van der Waals surface area contributed by atoms with Crippen LogP contribution < -0.4 is 5.32 Å². The highest BCUT2D eigenvalue weighted by molar-refractivity contribution is 6.01. The van der Waals surface area contributed by atoms with Gasteiger partial charge in [0.1, 0.15) is 11.6 Å². The van der Waals surface area contributed by atoms with E-state index < -0.39 is 22.8 Å². The van der Waals surface area contributed by atoms with Crippen molar-refractivity contribution in [2.24, 2.45) is 5.41 Å². The first kappa shape index (κ1) is 13.1. The van der Waals surface area contributed by atoms with Gasteiger partial charge in [-0.25, -0.2) is 8.78 Å². The minimum atomic E-state index is -0.761. The van der Waals surface area contributed by atoms with Gasteiger partial charge in [0.05, 0.1) is 5.56 Å². The zero-order valence-electron chi connectivity index (χ0n) is 10.6. The molecule has 0 atom stereocenters. The molecule has 0 bridgehead atoms. The summed E-state index contributed by atoms with van der Waals surface area (Å²) in [6.45, 7) is 4.74. The van der Waals surface area contributed by atoms with Crippen LogP contribution in [-0.4, -0.2) is 18.9 Å². The van der Waals surface area contributed by atoms with Gasteiger partial charge in [-0.15, -0.1) is 0 Å². The van der Waals surface area contributed by atoms with E-state index in [9.17, 15) is 13.6 Å². The summed E-state index contributed by atoms with van der Waals surface area (Å²) in [5.41, 5.74) is -0.738. The van der Waals surface area contributed by atoms with Crippen molar-refractivity contribution in [1.29, 1.82) is 0 Å². The molecular weight excluding hydrogens is 236 g/mol. The molecule has 0 unspecified atom stereocenters. The molecular formula is C14H17F2NO. The molecule has 0 radical (unpaired) electrons. The van der Waals surface area contributed by atoms with E-state index in [1.165, 1.54) is 13.0 Å². The van der Waals surface area contributed by atoms with Crippen molar-refractivity contribution >= 4 is 5.78 Å². The zero-order valence-corrected chi connectivity index (χ0v) is 10.6. The Balaban J connectivity index is 2.42. The summed E-state index contributed by atoms with van der Waals surface area (Å²) in [4.78, 5) is 12.4. The molecule has 1 aliphatic heterocycles. The maximum Gasteiger partial charge on any atom is 0.174 e. The Labute approximate surface area is 105 Å². The third-order valence-corrected chi connectivity index (χ3v) is 3.77. The zero-order chi connectivity index (χ0) is 13.3. The topological polar surface area (TPSA) is 29.1 Å². The van der Waals surface area contributed by atoms with Gasteiger partial charge in [0, 0.05) is 5.41 Å². The maximum atomic E-state index is 14.0. The molecule has 2 rings (SSSR count). The summed E-state index contributed by atoms with van der Waals surface area (Å²) in [5.74, 6) is -1.90. The number of rotatable bonds is 2. The van der Waals surface area contributed by atoms with Crippen molar-refractivity contribution in [3.63, 3.8) is 0 Å². The Hall–Kier alpha value is -1.29. The number of carbonyl (C=O) groups excluding carboxylic acids is 1. The number of aryl methyl sites for hydroxylation is 1. The summed E-state index contributed by atoms with van der Waals surface area (Å²) in [7, 11) is 0. The molecule has 0 saturated carbocycles. The third-order valence-electron chi connectivity index (χ3n) is 3.77. The monoisotopic (exact) mass is 253 g/mol. The number of nitrogens with one attached hydrogen (secondary N) is 1. The standard InChI is InChI=1S/C14H17F2NO/c1-9-3-4-10(15)11(12(9)16)13(18)14(2)5-7-17-8-6-14/h3-4,17H,5-8H2,1-2H3. The lowest BCUT2D eigenvalue weighted by Crippen LogP contribution is -2.40. The smallest absolute Gasteiger partial charge is 0.174 e. The van der Waals surface area contributed by atoms with Gasteiger partial charge in [-0.1, -0.05) is 13.0 Å². The van der Waals surface area contributed by atoms with E-state index in [2.05, 4.69) is 5.32 Å². The average molecular weight is 253 g/mol. The number of hydrogen-bond donors (Lipinski definition) is 1. The second kappa shape index (κ2) is 4.76. The van der Waals surface area contributed by atoms with Crippen molar-refractivity contribution in [2.45, 2.75) is 26.7 Å². The van der Waals surface area contributed by atoms with Gasteiger partial charge < -0.3 is 5.32 Å². The largest absolute Gasteiger partial charge is 0.317 e. The molecule has 4 heteroatoms. The predicted molar refractivity (Wildman–Crippen MR) is 65.6 cm³/mol. The van der Waals surface area contributed by atoms with Crippen LogP contribution in [0.3, 0.4) is 0 Å². The third kappa shape index (κ3) is 2.17. The summed E-state index contributed by atoms with van der Waals surface area (Å²) in [6, 6.07) is 2.52. The van der Waals surface area contributed by atoms with Crippen LogP contribution in [0.2, 0.25) is 0 Å². The molecule has 1 saturated heterocycles.